The Morgan fingerprint density at radius 2 is 1.84 bits per heavy atom. The number of rotatable bonds is 6. The van der Waals surface area contributed by atoms with Crippen molar-refractivity contribution in [2.75, 3.05) is 13.2 Å². The highest BCUT2D eigenvalue weighted by Gasteiger charge is 2.38. The van der Waals surface area contributed by atoms with E-state index < -0.39 is 8.32 Å². The lowest BCUT2D eigenvalue weighted by molar-refractivity contribution is -0.143. The van der Waals surface area contributed by atoms with Crippen LogP contribution in [0.1, 0.15) is 47.0 Å². The van der Waals surface area contributed by atoms with Gasteiger partial charge in [-0.05, 0) is 36.9 Å². The average molecular weight is 286 g/mol. The fourth-order valence-electron chi connectivity index (χ4n) is 1.99. The number of ether oxygens (including phenoxy) is 1. The van der Waals surface area contributed by atoms with Crippen LogP contribution < -0.4 is 0 Å². The Morgan fingerprint density at radius 3 is 2.21 bits per heavy atom. The SMILES string of the molecule is CC(=O)OC[C@@H](CO[Si](C)(C)C(C)(C)C)C1CCC1. The van der Waals surface area contributed by atoms with E-state index in [0.29, 0.717) is 18.4 Å². The van der Waals surface area contributed by atoms with Crippen LogP contribution >= 0.6 is 0 Å². The van der Waals surface area contributed by atoms with E-state index in [1.807, 2.05) is 0 Å². The predicted octanol–water partition coefficient (Wildman–Crippen LogP) is 3.99. The van der Waals surface area contributed by atoms with Crippen molar-refractivity contribution in [3.05, 3.63) is 0 Å². The molecule has 19 heavy (non-hydrogen) atoms. The van der Waals surface area contributed by atoms with E-state index >= 15 is 0 Å². The summed E-state index contributed by atoms with van der Waals surface area (Å²) in [7, 11) is -1.70. The second-order valence-corrected chi connectivity index (χ2v) is 12.1. The van der Waals surface area contributed by atoms with Gasteiger partial charge in [0.15, 0.2) is 8.32 Å². The molecule has 1 atom stereocenters. The number of esters is 1. The summed E-state index contributed by atoms with van der Waals surface area (Å²) in [6.45, 7) is 14.1. The molecule has 0 unspecified atom stereocenters. The molecule has 1 fully saturated rings. The summed E-state index contributed by atoms with van der Waals surface area (Å²) in [6, 6.07) is 0. The Morgan fingerprint density at radius 1 is 1.26 bits per heavy atom. The number of carbonyl (C=O) groups is 1. The molecule has 0 aromatic carbocycles. The van der Waals surface area contributed by atoms with Crippen molar-refractivity contribution in [3.8, 4) is 0 Å². The van der Waals surface area contributed by atoms with Gasteiger partial charge in [-0.25, -0.2) is 0 Å². The first kappa shape index (κ1) is 16.7. The second kappa shape index (κ2) is 6.40. The lowest BCUT2D eigenvalue weighted by atomic mass is 9.76. The largest absolute Gasteiger partial charge is 0.465 e. The summed E-state index contributed by atoms with van der Waals surface area (Å²) in [4.78, 5) is 11.0. The van der Waals surface area contributed by atoms with Crippen molar-refractivity contribution in [2.45, 2.75) is 65.1 Å². The van der Waals surface area contributed by atoms with Crippen LogP contribution in [0, 0.1) is 11.8 Å². The summed E-state index contributed by atoms with van der Waals surface area (Å²) < 4.78 is 11.5. The fraction of sp³-hybridized carbons (Fsp3) is 0.933. The van der Waals surface area contributed by atoms with Gasteiger partial charge in [0.05, 0.1) is 6.61 Å². The molecule has 0 bridgehead atoms. The van der Waals surface area contributed by atoms with Gasteiger partial charge in [-0.2, -0.15) is 0 Å². The topological polar surface area (TPSA) is 35.5 Å². The highest BCUT2D eigenvalue weighted by molar-refractivity contribution is 6.74. The fourth-order valence-corrected chi connectivity index (χ4v) is 3.05. The van der Waals surface area contributed by atoms with Crippen LogP contribution in [0.2, 0.25) is 18.1 Å². The molecule has 4 heteroatoms. The van der Waals surface area contributed by atoms with E-state index in [4.69, 9.17) is 9.16 Å². The summed E-state index contributed by atoms with van der Waals surface area (Å²) in [5.74, 6) is 0.882. The molecule has 112 valence electrons. The van der Waals surface area contributed by atoms with Gasteiger partial charge in [-0.1, -0.05) is 27.2 Å². The van der Waals surface area contributed by atoms with E-state index in [1.54, 1.807) is 0 Å². The van der Waals surface area contributed by atoms with Crippen molar-refractivity contribution in [3.63, 3.8) is 0 Å². The molecule has 1 aliphatic carbocycles. The molecular formula is C15H30O3Si. The summed E-state index contributed by atoms with van der Waals surface area (Å²) in [5.41, 5.74) is 0. The monoisotopic (exact) mass is 286 g/mol. The van der Waals surface area contributed by atoms with Gasteiger partial charge in [0, 0.05) is 19.4 Å². The molecule has 0 N–H and O–H groups in total. The molecule has 0 radical (unpaired) electrons. The van der Waals surface area contributed by atoms with E-state index in [2.05, 4.69) is 33.9 Å². The molecule has 0 saturated heterocycles. The molecule has 3 nitrogen and oxygen atoms in total. The van der Waals surface area contributed by atoms with Crippen LogP contribution in [0.25, 0.3) is 0 Å². The quantitative estimate of drug-likeness (QED) is 0.547. The zero-order valence-electron chi connectivity index (χ0n) is 13.4. The Bertz CT molecular complexity index is 303. The maximum absolute atomic E-state index is 11.0. The van der Waals surface area contributed by atoms with Crippen LogP contribution in [0.4, 0.5) is 0 Å². The van der Waals surface area contributed by atoms with Crippen LogP contribution in [0.3, 0.4) is 0 Å². The molecular weight excluding hydrogens is 256 g/mol. The zero-order chi connectivity index (χ0) is 14.7. The molecule has 0 aromatic heterocycles. The number of hydrogen-bond donors (Lipinski definition) is 0. The third kappa shape index (κ3) is 4.92. The number of carbonyl (C=O) groups excluding carboxylic acids is 1. The maximum atomic E-state index is 11.0. The Labute approximate surface area is 119 Å². The lowest BCUT2D eigenvalue weighted by Gasteiger charge is -2.40. The van der Waals surface area contributed by atoms with Crippen LogP contribution in [0.15, 0.2) is 0 Å². The first-order valence-electron chi connectivity index (χ1n) is 7.41. The first-order valence-corrected chi connectivity index (χ1v) is 10.3. The van der Waals surface area contributed by atoms with Gasteiger partial charge in [-0.15, -0.1) is 0 Å². The van der Waals surface area contributed by atoms with Crippen LogP contribution in [-0.4, -0.2) is 27.5 Å². The summed E-state index contributed by atoms with van der Waals surface area (Å²) in [6.07, 6.45) is 3.82. The molecule has 1 rings (SSSR count). The normalized spacial score (nSPS) is 18.8. The highest BCUT2D eigenvalue weighted by atomic mass is 28.4. The van der Waals surface area contributed by atoms with Gasteiger partial charge >= 0.3 is 5.97 Å². The third-order valence-electron chi connectivity index (χ3n) is 4.78. The van der Waals surface area contributed by atoms with E-state index in [1.165, 1.54) is 26.2 Å². The Balaban J connectivity index is 2.50. The third-order valence-corrected chi connectivity index (χ3v) is 9.28. The van der Waals surface area contributed by atoms with Gasteiger partial charge < -0.3 is 9.16 Å². The summed E-state index contributed by atoms with van der Waals surface area (Å²) in [5, 5.41) is 0.235. The standard InChI is InChI=1S/C15H30O3Si/c1-12(16)17-10-14(13-8-7-9-13)11-18-19(5,6)15(2,3)4/h13-14H,7-11H2,1-6H3/t14-/m0/s1. The van der Waals surface area contributed by atoms with Crippen molar-refractivity contribution >= 4 is 14.3 Å². The molecule has 0 aromatic rings. The van der Waals surface area contributed by atoms with E-state index in [9.17, 15) is 4.79 Å². The van der Waals surface area contributed by atoms with Crippen molar-refractivity contribution in [2.24, 2.45) is 11.8 Å². The molecule has 1 saturated carbocycles. The zero-order valence-corrected chi connectivity index (χ0v) is 14.4. The Kier molecular flexibility index (Phi) is 5.62. The van der Waals surface area contributed by atoms with Gasteiger partial charge in [-0.3, -0.25) is 4.79 Å². The highest BCUT2D eigenvalue weighted by Crippen LogP contribution is 2.39. The molecule has 0 aliphatic heterocycles. The van der Waals surface area contributed by atoms with Crippen molar-refractivity contribution in [1.29, 1.82) is 0 Å². The number of hydrogen-bond acceptors (Lipinski definition) is 3. The average Bonchev–Trinajstić information content (AvgIpc) is 2.17. The maximum Gasteiger partial charge on any atom is 0.302 e. The van der Waals surface area contributed by atoms with E-state index in [-0.39, 0.29) is 11.0 Å². The molecule has 0 amide bonds. The Hall–Kier alpha value is -0.353. The minimum Gasteiger partial charge on any atom is -0.465 e. The molecule has 0 heterocycles. The predicted molar refractivity (Wildman–Crippen MR) is 80.6 cm³/mol. The smallest absolute Gasteiger partial charge is 0.302 e. The minimum atomic E-state index is -1.70. The minimum absolute atomic E-state index is 0.184. The second-order valence-electron chi connectivity index (χ2n) is 7.32. The van der Waals surface area contributed by atoms with Gasteiger partial charge in [0.2, 0.25) is 0 Å². The van der Waals surface area contributed by atoms with Gasteiger partial charge in [0.1, 0.15) is 0 Å². The van der Waals surface area contributed by atoms with Crippen molar-refractivity contribution in [1.82, 2.24) is 0 Å². The van der Waals surface area contributed by atoms with Crippen LogP contribution in [-0.2, 0) is 14.0 Å². The van der Waals surface area contributed by atoms with Crippen molar-refractivity contribution < 1.29 is 14.0 Å². The van der Waals surface area contributed by atoms with Crippen LogP contribution in [0.5, 0.6) is 0 Å². The lowest BCUT2D eigenvalue weighted by Crippen LogP contribution is -2.43. The first-order chi connectivity index (χ1) is 8.63. The molecule has 0 spiro atoms. The molecule has 1 aliphatic rings. The van der Waals surface area contributed by atoms with Gasteiger partial charge in [0.25, 0.3) is 0 Å². The summed E-state index contributed by atoms with van der Waals surface area (Å²) >= 11 is 0. The van der Waals surface area contributed by atoms with E-state index in [0.717, 1.165) is 6.61 Å².